The third-order valence-corrected chi connectivity index (χ3v) is 6.77. The molecule has 1 aromatic rings. The minimum absolute atomic E-state index is 0.234. The van der Waals surface area contributed by atoms with E-state index in [1.54, 1.807) is 10.4 Å². The number of hydrogen-bond acceptors (Lipinski definition) is 3. The van der Waals surface area contributed by atoms with Crippen LogP contribution in [-0.4, -0.2) is 32.4 Å². The maximum Gasteiger partial charge on any atom is 0.243 e. The lowest BCUT2D eigenvalue weighted by Crippen LogP contribution is -2.38. The minimum Gasteiger partial charge on any atom is -0.316 e. The van der Waals surface area contributed by atoms with Crippen LogP contribution >= 0.6 is 0 Å². The predicted octanol–water partition coefficient (Wildman–Crippen LogP) is 1.89. The van der Waals surface area contributed by atoms with Gasteiger partial charge in [-0.15, -0.1) is 0 Å². The fraction of sp³-hybridized carbons (Fsp3) is 0.600. The Morgan fingerprint density at radius 1 is 1.35 bits per heavy atom. The summed E-state index contributed by atoms with van der Waals surface area (Å²) in [6, 6.07) is 5.81. The van der Waals surface area contributed by atoms with Crippen LogP contribution in [0.15, 0.2) is 23.1 Å². The van der Waals surface area contributed by atoms with E-state index in [9.17, 15) is 8.42 Å². The Labute approximate surface area is 121 Å². The molecule has 1 heterocycles. The van der Waals surface area contributed by atoms with Crippen LogP contribution in [0.2, 0.25) is 0 Å². The van der Waals surface area contributed by atoms with E-state index in [0.29, 0.717) is 23.9 Å². The molecular weight excluding hydrogens is 272 g/mol. The van der Waals surface area contributed by atoms with Gasteiger partial charge in [-0.3, -0.25) is 0 Å². The number of fused-ring (bicyclic) bond motifs is 2. The first-order valence-electron chi connectivity index (χ1n) is 7.29. The molecule has 2 atom stereocenters. The van der Waals surface area contributed by atoms with E-state index < -0.39 is 10.0 Å². The number of hydrogen-bond donors (Lipinski definition) is 1. The zero-order valence-corrected chi connectivity index (χ0v) is 12.9. The first-order chi connectivity index (χ1) is 9.54. The molecule has 2 bridgehead atoms. The van der Waals surface area contributed by atoms with E-state index in [1.807, 2.05) is 26.1 Å². The molecule has 20 heavy (non-hydrogen) atoms. The Balaban J connectivity index is 1.97. The van der Waals surface area contributed by atoms with Gasteiger partial charge in [0.2, 0.25) is 10.0 Å². The summed E-state index contributed by atoms with van der Waals surface area (Å²) >= 11 is 0. The Bertz CT molecular complexity index is 612. The molecule has 2 unspecified atom stereocenters. The molecule has 1 N–H and O–H groups in total. The SMILES string of the molecule is CNCc1cccc(S(=O)(=O)N2CC3CCC2C3)c1C. The van der Waals surface area contributed by atoms with Crippen LogP contribution in [0.25, 0.3) is 0 Å². The molecule has 2 aliphatic rings. The van der Waals surface area contributed by atoms with E-state index >= 15 is 0 Å². The fourth-order valence-corrected chi connectivity index (χ4v) is 5.63. The molecule has 0 radical (unpaired) electrons. The van der Waals surface area contributed by atoms with Gasteiger partial charge in [0.25, 0.3) is 0 Å². The van der Waals surface area contributed by atoms with Crippen LogP contribution < -0.4 is 5.32 Å². The van der Waals surface area contributed by atoms with Crippen LogP contribution in [0.4, 0.5) is 0 Å². The standard InChI is InChI=1S/C15H22N2O2S/c1-11-13(9-16-2)4-3-5-15(11)20(18,19)17-10-12-6-7-14(17)8-12/h3-5,12,14,16H,6-10H2,1-2H3. The lowest BCUT2D eigenvalue weighted by molar-refractivity contribution is 0.333. The maximum absolute atomic E-state index is 12.9. The van der Waals surface area contributed by atoms with E-state index in [2.05, 4.69) is 5.32 Å². The van der Waals surface area contributed by atoms with Gasteiger partial charge in [0, 0.05) is 19.1 Å². The van der Waals surface area contributed by atoms with Gasteiger partial charge in [0.1, 0.15) is 0 Å². The molecule has 1 aliphatic carbocycles. The second-order valence-corrected chi connectivity index (χ2v) is 7.84. The van der Waals surface area contributed by atoms with E-state index in [4.69, 9.17) is 0 Å². The second-order valence-electron chi connectivity index (χ2n) is 5.98. The van der Waals surface area contributed by atoms with Crippen molar-refractivity contribution < 1.29 is 8.42 Å². The Hall–Kier alpha value is -0.910. The highest BCUT2D eigenvalue weighted by Gasteiger charge is 2.44. The number of piperidine rings is 1. The van der Waals surface area contributed by atoms with Gasteiger partial charge in [-0.1, -0.05) is 12.1 Å². The third-order valence-electron chi connectivity index (χ3n) is 4.71. The van der Waals surface area contributed by atoms with E-state index in [-0.39, 0.29) is 6.04 Å². The van der Waals surface area contributed by atoms with Gasteiger partial charge in [0.05, 0.1) is 4.90 Å². The predicted molar refractivity (Wildman–Crippen MR) is 79.0 cm³/mol. The maximum atomic E-state index is 12.9. The van der Waals surface area contributed by atoms with Crippen molar-refractivity contribution in [3.05, 3.63) is 29.3 Å². The molecule has 1 aromatic carbocycles. The van der Waals surface area contributed by atoms with Crippen molar-refractivity contribution in [1.29, 1.82) is 0 Å². The lowest BCUT2D eigenvalue weighted by Gasteiger charge is -2.27. The minimum atomic E-state index is -3.34. The molecule has 1 saturated carbocycles. The monoisotopic (exact) mass is 294 g/mol. The lowest BCUT2D eigenvalue weighted by atomic mass is 10.1. The molecule has 110 valence electrons. The molecule has 1 aliphatic heterocycles. The van der Waals surface area contributed by atoms with Crippen LogP contribution in [-0.2, 0) is 16.6 Å². The van der Waals surface area contributed by atoms with Crippen molar-refractivity contribution in [1.82, 2.24) is 9.62 Å². The van der Waals surface area contributed by atoms with Gasteiger partial charge in [0.15, 0.2) is 0 Å². The molecule has 0 spiro atoms. The summed E-state index contributed by atoms with van der Waals surface area (Å²) in [5.74, 6) is 0.579. The van der Waals surface area contributed by atoms with E-state index in [0.717, 1.165) is 24.0 Å². The topological polar surface area (TPSA) is 49.4 Å². The van der Waals surface area contributed by atoms with Crippen LogP contribution in [0.3, 0.4) is 0 Å². The van der Waals surface area contributed by atoms with Gasteiger partial charge >= 0.3 is 0 Å². The summed E-state index contributed by atoms with van der Waals surface area (Å²) in [5, 5.41) is 3.09. The van der Waals surface area contributed by atoms with Gasteiger partial charge in [-0.05, 0) is 56.3 Å². The molecule has 2 fully saturated rings. The first-order valence-corrected chi connectivity index (χ1v) is 8.73. The van der Waals surface area contributed by atoms with Crippen LogP contribution in [0, 0.1) is 12.8 Å². The molecule has 5 heteroatoms. The highest BCUT2D eigenvalue weighted by atomic mass is 32.2. The molecule has 4 nitrogen and oxygen atoms in total. The normalized spacial score (nSPS) is 26.3. The Morgan fingerprint density at radius 3 is 2.75 bits per heavy atom. The molecule has 0 amide bonds. The van der Waals surface area contributed by atoms with Crippen molar-refractivity contribution in [2.24, 2.45) is 5.92 Å². The van der Waals surface area contributed by atoms with Crippen molar-refractivity contribution in [3.8, 4) is 0 Å². The van der Waals surface area contributed by atoms with Crippen LogP contribution in [0.1, 0.15) is 30.4 Å². The highest BCUT2D eigenvalue weighted by molar-refractivity contribution is 7.89. The smallest absolute Gasteiger partial charge is 0.243 e. The van der Waals surface area contributed by atoms with E-state index in [1.165, 1.54) is 6.42 Å². The molecule has 0 aromatic heterocycles. The summed E-state index contributed by atoms with van der Waals surface area (Å²) in [4.78, 5) is 0.484. The molecule has 1 saturated heterocycles. The third kappa shape index (κ3) is 2.18. The Kier molecular flexibility index (Phi) is 3.60. The number of benzene rings is 1. The number of sulfonamides is 1. The van der Waals surface area contributed by atoms with Gasteiger partial charge in [-0.25, -0.2) is 8.42 Å². The van der Waals surface area contributed by atoms with Gasteiger partial charge in [-0.2, -0.15) is 4.31 Å². The summed E-state index contributed by atoms with van der Waals surface area (Å²) < 4.78 is 27.6. The largest absolute Gasteiger partial charge is 0.316 e. The van der Waals surface area contributed by atoms with Crippen molar-refractivity contribution in [3.63, 3.8) is 0 Å². The fourth-order valence-electron chi connectivity index (χ4n) is 3.62. The Morgan fingerprint density at radius 2 is 2.15 bits per heavy atom. The summed E-state index contributed by atoms with van der Waals surface area (Å²) in [5.41, 5.74) is 1.93. The molecule has 3 rings (SSSR count). The van der Waals surface area contributed by atoms with Crippen molar-refractivity contribution >= 4 is 10.0 Å². The van der Waals surface area contributed by atoms with Crippen LogP contribution in [0.5, 0.6) is 0 Å². The quantitative estimate of drug-likeness (QED) is 0.922. The zero-order chi connectivity index (χ0) is 14.3. The average Bonchev–Trinajstić information content (AvgIpc) is 3.04. The second kappa shape index (κ2) is 5.13. The highest BCUT2D eigenvalue weighted by Crippen LogP contribution is 2.41. The van der Waals surface area contributed by atoms with Crippen molar-refractivity contribution in [2.45, 2.75) is 43.7 Å². The number of rotatable bonds is 4. The zero-order valence-electron chi connectivity index (χ0n) is 12.1. The number of nitrogens with zero attached hydrogens (tertiary/aromatic N) is 1. The summed E-state index contributed by atoms with van der Waals surface area (Å²) in [6.07, 6.45) is 3.27. The van der Waals surface area contributed by atoms with Gasteiger partial charge < -0.3 is 5.32 Å². The van der Waals surface area contributed by atoms with Crippen molar-refractivity contribution in [2.75, 3.05) is 13.6 Å². The molecular formula is C15H22N2O2S. The number of nitrogens with one attached hydrogen (secondary N) is 1. The summed E-state index contributed by atoms with van der Waals surface area (Å²) in [7, 11) is -1.46. The average molecular weight is 294 g/mol. The first kappa shape index (κ1) is 14.0. The summed E-state index contributed by atoms with van der Waals surface area (Å²) in [6.45, 7) is 3.32.